The fourth-order valence-corrected chi connectivity index (χ4v) is 3.09. The van der Waals surface area contributed by atoms with Crippen molar-refractivity contribution in [3.63, 3.8) is 0 Å². The van der Waals surface area contributed by atoms with E-state index in [9.17, 15) is 0 Å². The number of benzene rings is 1. The van der Waals surface area contributed by atoms with Crippen LogP contribution in [-0.2, 0) is 12.8 Å². The van der Waals surface area contributed by atoms with Crippen LogP contribution in [0.25, 0.3) is 0 Å². The summed E-state index contributed by atoms with van der Waals surface area (Å²) in [5.41, 5.74) is 10.1. The molecule has 2 heteroatoms. The summed E-state index contributed by atoms with van der Waals surface area (Å²) in [7, 11) is 0. The van der Waals surface area contributed by atoms with Gasteiger partial charge >= 0.3 is 0 Å². The first-order chi connectivity index (χ1) is 7.22. The van der Waals surface area contributed by atoms with Gasteiger partial charge < -0.3 is 5.73 Å². The molecule has 1 atom stereocenters. The highest BCUT2D eigenvalue weighted by atomic mass is 79.9. The molecule has 0 spiro atoms. The summed E-state index contributed by atoms with van der Waals surface area (Å²) in [6.07, 6.45) is 4.87. The minimum atomic E-state index is 0.581. The first kappa shape index (κ1) is 11.2. The third-order valence-electron chi connectivity index (χ3n) is 3.35. The van der Waals surface area contributed by atoms with Crippen molar-refractivity contribution in [1.82, 2.24) is 0 Å². The van der Waals surface area contributed by atoms with E-state index in [1.807, 2.05) is 0 Å². The standard InChI is InChI=1S/C13H18BrN/c1-9(5-6-15)11-7-10-3-2-4-12(10)13(14)8-11/h7-9H,2-6,15H2,1H3. The van der Waals surface area contributed by atoms with Crippen molar-refractivity contribution in [2.24, 2.45) is 5.73 Å². The third-order valence-corrected chi connectivity index (χ3v) is 4.06. The zero-order chi connectivity index (χ0) is 10.8. The Morgan fingerprint density at radius 1 is 1.40 bits per heavy atom. The predicted molar refractivity (Wildman–Crippen MR) is 68.3 cm³/mol. The van der Waals surface area contributed by atoms with Gasteiger partial charge in [-0.3, -0.25) is 0 Å². The fourth-order valence-electron chi connectivity index (χ4n) is 2.38. The zero-order valence-electron chi connectivity index (χ0n) is 9.22. The van der Waals surface area contributed by atoms with Gasteiger partial charge in [0.1, 0.15) is 0 Å². The number of rotatable bonds is 3. The summed E-state index contributed by atoms with van der Waals surface area (Å²) in [5, 5.41) is 0. The summed E-state index contributed by atoms with van der Waals surface area (Å²) in [5.74, 6) is 0.581. The van der Waals surface area contributed by atoms with Gasteiger partial charge in [-0.15, -0.1) is 0 Å². The van der Waals surface area contributed by atoms with Gasteiger partial charge in [-0.2, -0.15) is 0 Å². The van der Waals surface area contributed by atoms with Gasteiger partial charge in [0.15, 0.2) is 0 Å². The fraction of sp³-hybridized carbons (Fsp3) is 0.538. The molecule has 0 aromatic heterocycles. The maximum Gasteiger partial charge on any atom is 0.0212 e. The highest BCUT2D eigenvalue weighted by Gasteiger charge is 2.16. The largest absolute Gasteiger partial charge is 0.330 e. The molecule has 0 bridgehead atoms. The zero-order valence-corrected chi connectivity index (χ0v) is 10.8. The lowest BCUT2D eigenvalue weighted by Gasteiger charge is -2.13. The van der Waals surface area contributed by atoms with Gasteiger partial charge in [-0.05, 0) is 60.9 Å². The topological polar surface area (TPSA) is 26.0 Å². The van der Waals surface area contributed by atoms with E-state index in [1.165, 1.54) is 34.9 Å². The maximum atomic E-state index is 5.61. The molecule has 1 aliphatic rings. The van der Waals surface area contributed by atoms with Crippen molar-refractivity contribution in [3.05, 3.63) is 33.3 Å². The molecule has 0 amide bonds. The Balaban J connectivity index is 2.30. The smallest absolute Gasteiger partial charge is 0.0212 e. The molecular formula is C13H18BrN. The highest BCUT2D eigenvalue weighted by Crippen LogP contribution is 2.33. The Bertz CT molecular complexity index is 360. The Morgan fingerprint density at radius 3 is 2.93 bits per heavy atom. The molecule has 1 nitrogen and oxygen atoms in total. The normalized spacial score (nSPS) is 16.5. The quantitative estimate of drug-likeness (QED) is 0.893. The molecule has 2 N–H and O–H groups in total. The summed E-state index contributed by atoms with van der Waals surface area (Å²) >= 11 is 3.69. The van der Waals surface area contributed by atoms with Gasteiger partial charge in [-0.25, -0.2) is 0 Å². The van der Waals surface area contributed by atoms with Crippen LogP contribution in [0.5, 0.6) is 0 Å². The lowest BCUT2D eigenvalue weighted by Crippen LogP contribution is -2.05. The van der Waals surface area contributed by atoms with Crippen molar-refractivity contribution in [2.75, 3.05) is 6.54 Å². The Kier molecular flexibility index (Phi) is 3.47. The van der Waals surface area contributed by atoms with Crippen LogP contribution in [0.3, 0.4) is 0 Å². The van der Waals surface area contributed by atoms with Crippen molar-refractivity contribution in [3.8, 4) is 0 Å². The average molecular weight is 268 g/mol. The monoisotopic (exact) mass is 267 g/mol. The van der Waals surface area contributed by atoms with E-state index in [0.717, 1.165) is 13.0 Å². The molecule has 0 aliphatic heterocycles. The van der Waals surface area contributed by atoms with Crippen molar-refractivity contribution >= 4 is 15.9 Å². The lowest BCUT2D eigenvalue weighted by molar-refractivity contribution is 0.689. The number of nitrogens with two attached hydrogens (primary N) is 1. The van der Waals surface area contributed by atoms with Gasteiger partial charge in [0.25, 0.3) is 0 Å². The van der Waals surface area contributed by atoms with Gasteiger partial charge in [-0.1, -0.05) is 28.9 Å². The van der Waals surface area contributed by atoms with Crippen LogP contribution in [0, 0.1) is 0 Å². The van der Waals surface area contributed by atoms with E-state index in [-0.39, 0.29) is 0 Å². The lowest BCUT2D eigenvalue weighted by atomic mass is 9.95. The van der Waals surface area contributed by atoms with E-state index in [2.05, 4.69) is 35.0 Å². The first-order valence-corrected chi connectivity index (χ1v) is 6.53. The van der Waals surface area contributed by atoms with E-state index in [4.69, 9.17) is 5.73 Å². The molecule has 1 aliphatic carbocycles. The SMILES string of the molecule is CC(CCN)c1cc(Br)c2c(c1)CCC2. The number of aryl methyl sites for hydroxylation is 1. The predicted octanol–water partition coefficient (Wildman–Crippen LogP) is 3.39. The molecule has 1 unspecified atom stereocenters. The van der Waals surface area contributed by atoms with Crippen LogP contribution in [0.2, 0.25) is 0 Å². The van der Waals surface area contributed by atoms with Crippen molar-refractivity contribution < 1.29 is 0 Å². The van der Waals surface area contributed by atoms with E-state index in [1.54, 1.807) is 5.56 Å². The highest BCUT2D eigenvalue weighted by molar-refractivity contribution is 9.10. The molecule has 0 saturated heterocycles. The number of fused-ring (bicyclic) bond motifs is 1. The van der Waals surface area contributed by atoms with Crippen LogP contribution in [0.4, 0.5) is 0 Å². The second-order valence-corrected chi connectivity index (χ2v) is 5.33. The van der Waals surface area contributed by atoms with E-state index < -0.39 is 0 Å². The molecule has 15 heavy (non-hydrogen) atoms. The molecule has 0 fully saturated rings. The van der Waals surface area contributed by atoms with Crippen LogP contribution < -0.4 is 5.73 Å². The van der Waals surface area contributed by atoms with Crippen molar-refractivity contribution in [2.45, 2.75) is 38.5 Å². The Morgan fingerprint density at radius 2 is 2.20 bits per heavy atom. The third kappa shape index (κ3) is 2.26. The molecule has 1 aromatic carbocycles. The maximum absolute atomic E-state index is 5.61. The summed E-state index contributed by atoms with van der Waals surface area (Å²) in [4.78, 5) is 0. The van der Waals surface area contributed by atoms with E-state index >= 15 is 0 Å². The molecule has 1 aromatic rings. The van der Waals surface area contributed by atoms with Crippen LogP contribution in [0.15, 0.2) is 16.6 Å². The van der Waals surface area contributed by atoms with Gasteiger partial charge in [0.2, 0.25) is 0 Å². The average Bonchev–Trinajstić information content (AvgIpc) is 2.66. The second kappa shape index (κ2) is 4.67. The molecule has 0 radical (unpaired) electrons. The van der Waals surface area contributed by atoms with Crippen LogP contribution in [0.1, 0.15) is 42.4 Å². The molecule has 0 saturated carbocycles. The molecular weight excluding hydrogens is 250 g/mol. The van der Waals surface area contributed by atoms with Crippen LogP contribution >= 0.6 is 15.9 Å². The first-order valence-electron chi connectivity index (χ1n) is 5.73. The number of hydrogen-bond donors (Lipinski definition) is 1. The minimum Gasteiger partial charge on any atom is -0.330 e. The minimum absolute atomic E-state index is 0.581. The molecule has 0 heterocycles. The second-order valence-electron chi connectivity index (χ2n) is 4.47. The Labute approximate surface area is 100 Å². The van der Waals surface area contributed by atoms with Gasteiger partial charge in [0.05, 0.1) is 0 Å². The van der Waals surface area contributed by atoms with Crippen molar-refractivity contribution in [1.29, 1.82) is 0 Å². The van der Waals surface area contributed by atoms with E-state index in [0.29, 0.717) is 5.92 Å². The van der Waals surface area contributed by atoms with Crippen LogP contribution in [-0.4, -0.2) is 6.54 Å². The summed E-state index contributed by atoms with van der Waals surface area (Å²) < 4.78 is 1.30. The summed E-state index contributed by atoms with van der Waals surface area (Å²) in [6, 6.07) is 4.66. The summed E-state index contributed by atoms with van der Waals surface area (Å²) in [6.45, 7) is 3.03. The van der Waals surface area contributed by atoms with Gasteiger partial charge in [0, 0.05) is 4.47 Å². The Hall–Kier alpha value is -0.340. The number of halogens is 1. The molecule has 82 valence electrons. The number of hydrogen-bond acceptors (Lipinski definition) is 1. The molecule has 2 rings (SSSR count).